The Morgan fingerprint density at radius 3 is 2.78 bits per heavy atom. The van der Waals surface area contributed by atoms with Crippen LogP contribution in [0.25, 0.3) is 0 Å². The first-order chi connectivity index (χ1) is 13.2. The Kier molecular flexibility index (Phi) is 4.31. The van der Waals surface area contributed by atoms with E-state index in [2.05, 4.69) is 15.5 Å². The molecular weight excluding hydrogens is 340 g/mol. The molecule has 1 aromatic rings. The van der Waals surface area contributed by atoms with Crippen molar-refractivity contribution in [2.75, 3.05) is 31.5 Å². The molecule has 1 aliphatic carbocycles. The number of fused-ring (bicyclic) bond motifs is 3. The maximum absolute atomic E-state index is 12.8. The second-order valence-corrected chi connectivity index (χ2v) is 8.65. The van der Waals surface area contributed by atoms with E-state index in [9.17, 15) is 9.59 Å². The van der Waals surface area contributed by atoms with Crippen LogP contribution >= 0.6 is 0 Å². The van der Waals surface area contributed by atoms with Gasteiger partial charge in [-0.3, -0.25) is 9.69 Å². The van der Waals surface area contributed by atoms with Crippen molar-refractivity contribution in [2.45, 2.75) is 44.2 Å². The zero-order valence-corrected chi connectivity index (χ0v) is 15.7. The Morgan fingerprint density at radius 2 is 1.93 bits per heavy atom. The summed E-state index contributed by atoms with van der Waals surface area (Å²) < 4.78 is 0. The predicted molar refractivity (Wildman–Crippen MR) is 104 cm³/mol. The van der Waals surface area contributed by atoms with Crippen molar-refractivity contribution in [3.63, 3.8) is 0 Å². The molecule has 3 amide bonds. The summed E-state index contributed by atoms with van der Waals surface area (Å²) in [6.07, 6.45) is 6.07. The van der Waals surface area contributed by atoms with Crippen LogP contribution in [0.5, 0.6) is 0 Å². The van der Waals surface area contributed by atoms with Gasteiger partial charge in [0.1, 0.15) is 0 Å². The molecule has 0 spiro atoms. The molecule has 1 aromatic carbocycles. The van der Waals surface area contributed by atoms with Gasteiger partial charge in [-0.25, -0.2) is 4.79 Å². The summed E-state index contributed by atoms with van der Waals surface area (Å²) >= 11 is 0. The quantitative estimate of drug-likeness (QED) is 0.862. The third-order valence-corrected chi connectivity index (χ3v) is 6.69. The third-order valence-electron chi connectivity index (χ3n) is 6.69. The summed E-state index contributed by atoms with van der Waals surface area (Å²) in [7, 11) is 0. The molecule has 6 nitrogen and oxygen atoms in total. The Hall–Kier alpha value is -2.08. The zero-order valence-electron chi connectivity index (χ0n) is 15.7. The van der Waals surface area contributed by atoms with Gasteiger partial charge in [0.15, 0.2) is 0 Å². The summed E-state index contributed by atoms with van der Waals surface area (Å²) in [4.78, 5) is 29.6. The summed E-state index contributed by atoms with van der Waals surface area (Å²) in [6, 6.07) is 8.23. The molecule has 3 heterocycles. The lowest BCUT2D eigenvalue weighted by molar-refractivity contribution is 0.0951. The summed E-state index contributed by atoms with van der Waals surface area (Å²) in [6.45, 7) is 4.10. The molecule has 0 radical (unpaired) electrons. The van der Waals surface area contributed by atoms with Gasteiger partial charge < -0.3 is 15.5 Å². The van der Waals surface area contributed by atoms with Gasteiger partial charge in [-0.05, 0) is 62.3 Å². The lowest BCUT2D eigenvalue weighted by Crippen LogP contribution is -2.41. The number of hydrogen-bond donors (Lipinski definition) is 2. The average molecular weight is 368 g/mol. The van der Waals surface area contributed by atoms with Crippen molar-refractivity contribution in [1.29, 1.82) is 0 Å². The summed E-state index contributed by atoms with van der Waals surface area (Å²) in [5.41, 5.74) is 1.30. The second kappa shape index (κ2) is 6.82. The predicted octanol–water partition coefficient (Wildman–Crippen LogP) is 2.53. The molecule has 144 valence electrons. The van der Waals surface area contributed by atoms with E-state index in [4.69, 9.17) is 0 Å². The van der Waals surface area contributed by atoms with Gasteiger partial charge in [-0.1, -0.05) is 12.5 Å². The summed E-state index contributed by atoms with van der Waals surface area (Å²) in [5, 5.41) is 6.00. The Labute approximate surface area is 160 Å². The number of amides is 3. The fourth-order valence-corrected chi connectivity index (χ4v) is 5.16. The molecule has 27 heavy (non-hydrogen) atoms. The van der Waals surface area contributed by atoms with E-state index in [-0.39, 0.29) is 11.9 Å². The topological polar surface area (TPSA) is 64.7 Å². The third kappa shape index (κ3) is 3.43. The van der Waals surface area contributed by atoms with Gasteiger partial charge in [0.2, 0.25) is 0 Å². The largest absolute Gasteiger partial charge is 0.349 e. The van der Waals surface area contributed by atoms with Crippen LogP contribution in [0.1, 0.15) is 42.5 Å². The Morgan fingerprint density at radius 1 is 1.04 bits per heavy atom. The van der Waals surface area contributed by atoms with E-state index in [0.29, 0.717) is 35.2 Å². The number of piperidine rings is 1. The number of rotatable bonds is 3. The van der Waals surface area contributed by atoms with Crippen LogP contribution in [0.2, 0.25) is 0 Å². The van der Waals surface area contributed by atoms with E-state index in [0.717, 1.165) is 32.5 Å². The molecular formula is C21H28N4O2. The van der Waals surface area contributed by atoms with Gasteiger partial charge in [-0.15, -0.1) is 0 Å². The van der Waals surface area contributed by atoms with Crippen molar-refractivity contribution in [3.05, 3.63) is 29.8 Å². The Balaban J connectivity index is 1.21. The monoisotopic (exact) mass is 368 g/mol. The van der Waals surface area contributed by atoms with Crippen molar-refractivity contribution >= 4 is 17.6 Å². The molecule has 4 fully saturated rings. The van der Waals surface area contributed by atoms with Gasteiger partial charge in [0, 0.05) is 43.0 Å². The molecule has 5 rings (SSSR count). The minimum atomic E-state index is -0.0540. The van der Waals surface area contributed by atoms with E-state index < -0.39 is 0 Å². The molecule has 1 saturated carbocycles. The minimum Gasteiger partial charge on any atom is -0.349 e. The van der Waals surface area contributed by atoms with Crippen LogP contribution in [0.4, 0.5) is 10.5 Å². The molecule has 4 aliphatic rings. The van der Waals surface area contributed by atoms with Crippen molar-refractivity contribution < 1.29 is 9.59 Å². The smallest absolute Gasteiger partial charge is 0.321 e. The van der Waals surface area contributed by atoms with Gasteiger partial charge >= 0.3 is 6.03 Å². The highest BCUT2D eigenvalue weighted by atomic mass is 16.2. The highest BCUT2D eigenvalue weighted by Crippen LogP contribution is 2.40. The molecule has 0 unspecified atom stereocenters. The first-order valence-corrected chi connectivity index (χ1v) is 10.4. The van der Waals surface area contributed by atoms with Crippen LogP contribution in [0.15, 0.2) is 24.3 Å². The number of nitrogens with zero attached hydrogens (tertiary/aromatic N) is 2. The van der Waals surface area contributed by atoms with Crippen molar-refractivity contribution in [1.82, 2.24) is 15.1 Å². The first-order valence-electron chi connectivity index (χ1n) is 10.4. The minimum absolute atomic E-state index is 0.0356. The van der Waals surface area contributed by atoms with E-state index in [1.807, 2.05) is 17.0 Å². The summed E-state index contributed by atoms with van der Waals surface area (Å²) in [5.74, 6) is 1.20. The maximum atomic E-state index is 12.8. The number of nitrogens with one attached hydrogen (secondary N) is 2. The molecule has 0 aromatic heterocycles. The number of carbonyl (C=O) groups is 2. The Bertz CT molecular complexity index is 747. The lowest BCUT2D eigenvalue weighted by atomic mass is 9.90. The van der Waals surface area contributed by atoms with Crippen LogP contribution < -0.4 is 10.6 Å². The van der Waals surface area contributed by atoms with Gasteiger partial charge in [-0.2, -0.15) is 0 Å². The number of benzene rings is 1. The highest BCUT2D eigenvalue weighted by Gasteiger charge is 2.48. The zero-order chi connectivity index (χ0) is 18.4. The first kappa shape index (κ1) is 17.0. The fourth-order valence-electron chi connectivity index (χ4n) is 5.16. The van der Waals surface area contributed by atoms with E-state index in [1.165, 1.54) is 25.8 Å². The molecule has 3 atom stereocenters. The van der Waals surface area contributed by atoms with E-state index >= 15 is 0 Å². The van der Waals surface area contributed by atoms with E-state index in [1.54, 1.807) is 12.1 Å². The maximum Gasteiger partial charge on any atom is 0.321 e. The molecule has 3 saturated heterocycles. The van der Waals surface area contributed by atoms with Crippen molar-refractivity contribution in [3.8, 4) is 0 Å². The SMILES string of the molecule is O=C(NC1CC1)c1cccc(NC(=O)N2C[C@@H]3CN4CCCC[C@H]4[C@H]3C2)c1. The number of hydrogen-bond acceptors (Lipinski definition) is 3. The standard InChI is InChI=1S/C21H28N4O2/c26-20(22-16-7-8-16)14-4-3-5-17(10-14)23-21(27)25-12-15-11-24-9-2-1-6-19(24)18(15)13-25/h3-5,10,15-16,18-19H,1-2,6-9,11-13H2,(H,22,26)(H,23,27)/t15-,18-,19-/m0/s1. The molecule has 2 N–H and O–H groups in total. The molecule has 0 bridgehead atoms. The van der Waals surface area contributed by atoms with Crippen LogP contribution in [0, 0.1) is 11.8 Å². The highest BCUT2D eigenvalue weighted by molar-refractivity contribution is 5.97. The van der Waals surface area contributed by atoms with Crippen LogP contribution in [-0.2, 0) is 0 Å². The fraction of sp³-hybridized carbons (Fsp3) is 0.619. The molecule has 3 aliphatic heterocycles. The van der Waals surface area contributed by atoms with Crippen molar-refractivity contribution in [2.24, 2.45) is 11.8 Å². The second-order valence-electron chi connectivity index (χ2n) is 8.65. The molecule has 6 heteroatoms. The number of likely N-dealkylation sites (tertiary alicyclic amines) is 1. The van der Waals surface area contributed by atoms with Gasteiger partial charge in [0.25, 0.3) is 5.91 Å². The number of urea groups is 1. The average Bonchev–Trinajstić information content (AvgIpc) is 3.27. The van der Waals surface area contributed by atoms with Crippen LogP contribution in [0.3, 0.4) is 0 Å². The van der Waals surface area contributed by atoms with Crippen LogP contribution in [-0.4, -0.2) is 60.0 Å². The number of carbonyl (C=O) groups excluding carboxylic acids is 2. The van der Waals surface area contributed by atoms with Gasteiger partial charge in [0.05, 0.1) is 0 Å². The number of anilines is 1. The normalized spacial score (nSPS) is 29.9. The lowest BCUT2D eigenvalue weighted by Gasteiger charge is -2.33.